The van der Waals surface area contributed by atoms with Crippen LogP contribution in [0.15, 0.2) is 66.7 Å². The monoisotopic (exact) mass is 441 g/mol. The molecule has 0 spiro atoms. The van der Waals surface area contributed by atoms with Crippen LogP contribution in [-0.2, 0) is 11.2 Å². The van der Waals surface area contributed by atoms with Gasteiger partial charge in [-0.1, -0.05) is 30.3 Å². The fraction of sp³-hybridized carbons (Fsp3) is 0.185. The molecule has 0 aliphatic rings. The molecule has 0 aliphatic carbocycles. The van der Waals surface area contributed by atoms with Crippen molar-refractivity contribution in [2.45, 2.75) is 19.8 Å². The molecule has 33 heavy (non-hydrogen) atoms. The molecule has 4 rings (SSSR count). The maximum Gasteiger partial charge on any atom is 0.253 e. The Morgan fingerprint density at radius 3 is 2.45 bits per heavy atom. The highest BCUT2D eigenvalue weighted by Crippen LogP contribution is 2.32. The first kappa shape index (κ1) is 22.1. The minimum absolute atomic E-state index is 0.142. The molecule has 3 aromatic carbocycles. The Labute approximate surface area is 193 Å². The van der Waals surface area contributed by atoms with Crippen LogP contribution in [0.5, 0.6) is 5.75 Å². The molecule has 1 aromatic heterocycles. The van der Waals surface area contributed by atoms with Gasteiger partial charge in [0.15, 0.2) is 0 Å². The standard InChI is InChI=1S/C27H27N3O3/c1-17-7-6-10-23(25(17)27(32)28-2)29-24(31)16-15-21-20-8-4-5-9-22(20)30-26(21)18-11-13-19(33-3)14-12-18/h4-14,30H,15-16H2,1-3H3,(H,28,32)(H,29,31). The van der Waals surface area contributed by atoms with E-state index in [9.17, 15) is 9.59 Å². The van der Waals surface area contributed by atoms with Gasteiger partial charge in [-0.05, 0) is 66.4 Å². The van der Waals surface area contributed by atoms with Crippen LogP contribution in [0.25, 0.3) is 22.2 Å². The number of ether oxygens (including phenoxy) is 1. The summed E-state index contributed by atoms with van der Waals surface area (Å²) in [7, 11) is 3.23. The van der Waals surface area contributed by atoms with Gasteiger partial charge < -0.3 is 20.4 Å². The Morgan fingerprint density at radius 2 is 1.73 bits per heavy atom. The normalized spacial score (nSPS) is 10.8. The summed E-state index contributed by atoms with van der Waals surface area (Å²) in [6.07, 6.45) is 0.838. The molecular weight excluding hydrogens is 414 g/mol. The van der Waals surface area contributed by atoms with Gasteiger partial charge in [0.05, 0.1) is 18.4 Å². The smallest absolute Gasteiger partial charge is 0.253 e. The van der Waals surface area contributed by atoms with Gasteiger partial charge in [-0.25, -0.2) is 0 Å². The zero-order valence-corrected chi connectivity index (χ0v) is 19.0. The van der Waals surface area contributed by atoms with Crippen molar-refractivity contribution in [3.8, 4) is 17.0 Å². The topological polar surface area (TPSA) is 83.2 Å². The Morgan fingerprint density at radius 1 is 0.970 bits per heavy atom. The van der Waals surface area contributed by atoms with Gasteiger partial charge in [0, 0.05) is 30.1 Å². The second-order valence-corrected chi connectivity index (χ2v) is 7.88. The zero-order chi connectivity index (χ0) is 23.4. The number of aromatic amines is 1. The fourth-order valence-electron chi connectivity index (χ4n) is 4.11. The second kappa shape index (κ2) is 9.61. The molecule has 4 aromatic rings. The minimum atomic E-state index is -0.221. The van der Waals surface area contributed by atoms with Crippen molar-refractivity contribution in [3.63, 3.8) is 0 Å². The van der Waals surface area contributed by atoms with E-state index in [0.29, 0.717) is 17.7 Å². The van der Waals surface area contributed by atoms with E-state index in [4.69, 9.17) is 4.74 Å². The largest absolute Gasteiger partial charge is 0.497 e. The van der Waals surface area contributed by atoms with Crippen molar-refractivity contribution >= 4 is 28.4 Å². The summed E-state index contributed by atoms with van der Waals surface area (Å²) in [6, 6.07) is 21.4. The van der Waals surface area contributed by atoms with Gasteiger partial charge in [0.25, 0.3) is 5.91 Å². The van der Waals surface area contributed by atoms with Crippen LogP contribution in [0.1, 0.15) is 27.9 Å². The molecule has 0 saturated heterocycles. The molecule has 0 radical (unpaired) electrons. The summed E-state index contributed by atoms with van der Waals surface area (Å²) in [4.78, 5) is 28.7. The number of carbonyl (C=O) groups is 2. The lowest BCUT2D eigenvalue weighted by Crippen LogP contribution is -2.22. The Balaban J connectivity index is 1.59. The molecule has 0 saturated carbocycles. The molecule has 3 N–H and O–H groups in total. The zero-order valence-electron chi connectivity index (χ0n) is 19.0. The second-order valence-electron chi connectivity index (χ2n) is 7.88. The number of rotatable bonds is 7. The number of carbonyl (C=O) groups excluding carboxylic acids is 2. The molecule has 0 fully saturated rings. The van der Waals surface area contributed by atoms with Crippen molar-refractivity contribution in [1.29, 1.82) is 0 Å². The molecule has 0 unspecified atom stereocenters. The van der Waals surface area contributed by atoms with Crippen molar-refractivity contribution in [3.05, 3.63) is 83.4 Å². The van der Waals surface area contributed by atoms with Crippen LogP contribution in [-0.4, -0.2) is 31.0 Å². The van der Waals surface area contributed by atoms with Gasteiger partial charge in [-0.2, -0.15) is 0 Å². The van der Waals surface area contributed by atoms with E-state index in [-0.39, 0.29) is 18.2 Å². The maximum atomic E-state index is 12.9. The lowest BCUT2D eigenvalue weighted by atomic mass is 10.0. The third-order valence-electron chi connectivity index (χ3n) is 5.80. The third-order valence-corrected chi connectivity index (χ3v) is 5.80. The lowest BCUT2D eigenvalue weighted by Gasteiger charge is -2.13. The van der Waals surface area contributed by atoms with Crippen LogP contribution in [0, 0.1) is 6.92 Å². The van der Waals surface area contributed by atoms with Gasteiger partial charge in [-0.15, -0.1) is 0 Å². The first-order valence-electron chi connectivity index (χ1n) is 10.9. The summed E-state index contributed by atoms with van der Waals surface area (Å²) in [5.41, 5.74) is 5.95. The molecule has 6 heteroatoms. The number of benzene rings is 3. The van der Waals surface area contributed by atoms with E-state index in [1.807, 2.05) is 61.5 Å². The SMILES string of the molecule is CNC(=O)c1c(C)cccc1NC(=O)CCc1c(-c2ccc(OC)cc2)[nH]c2ccccc12. The van der Waals surface area contributed by atoms with E-state index in [0.717, 1.165) is 39.0 Å². The molecule has 0 aliphatic heterocycles. The van der Waals surface area contributed by atoms with Gasteiger partial charge >= 0.3 is 0 Å². The average molecular weight is 442 g/mol. The number of H-pyrrole nitrogens is 1. The molecule has 6 nitrogen and oxygen atoms in total. The van der Waals surface area contributed by atoms with Crippen molar-refractivity contribution in [2.75, 3.05) is 19.5 Å². The van der Waals surface area contributed by atoms with Gasteiger partial charge in [0.2, 0.25) is 5.91 Å². The predicted octanol–water partition coefficient (Wildman–Crippen LogP) is 5.08. The number of nitrogens with one attached hydrogen (secondary N) is 3. The van der Waals surface area contributed by atoms with Crippen LogP contribution in [0.2, 0.25) is 0 Å². The average Bonchev–Trinajstić information content (AvgIpc) is 3.21. The highest BCUT2D eigenvalue weighted by molar-refractivity contribution is 6.05. The molecule has 0 atom stereocenters. The minimum Gasteiger partial charge on any atom is -0.497 e. The summed E-state index contributed by atoms with van der Waals surface area (Å²) in [5.74, 6) is 0.430. The molecule has 168 valence electrons. The number of aryl methyl sites for hydroxylation is 2. The quantitative estimate of drug-likeness (QED) is 0.374. The molecular formula is C27H27N3O3. The van der Waals surface area contributed by atoms with Crippen LogP contribution < -0.4 is 15.4 Å². The van der Waals surface area contributed by atoms with Crippen molar-refractivity contribution in [2.24, 2.45) is 0 Å². The van der Waals surface area contributed by atoms with E-state index >= 15 is 0 Å². The summed E-state index contributed by atoms with van der Waals surface area (Å²) in [5, 5.41) is 6.66. The number of fused-ring (bicyclic) bond motifs is 1. The fourth-order valence-corrected chi connectivity index (χ4v) is 4.11. The molecule has 2 amide bonds. The van der Waals surface area contributed by atoms with Crippen molar-refractivity contribution in [1.82, 2.24) is 10.3 Å². The predicted molar refractivity (Wildman–Crippen MR) is 132 cm³/mol. The Kier molecular flexibility index (Phi) is 6.45. The van der Waals surface area contributed by atoms with Crippen LogP contribution in [0.4, 0.5) is 5.69 Å². The number of amides is 2. The lowest BCUT2D eigenvalue weighted by molar-refractivity contribution is -0.116. The number of para-hydroxylation sites is 1. The molecule has 1 heterocycles. The molecule has 0 bridgehead atoms. The third kappa shape index (κ3) is 4.60. The first-order valence-corrected chi connectivity index (χ1v) is 10.9. The number of aromatic nitrogens is 1. The van der Waals surface area contributed by atoms with Crippen molar-refractivity contribution < 1.29 is 14.3 Å². The number of hydrogen-bond donors (Lipinski definition) is 3. The van der Waals surface area contributed by atoms with E-state index < -0.39 is 0 Å². The van der Waals surface area contributed by atoms with Gasteiger partial charge in [0.1, 0.15) is 5.75 Å². The van der Waals surface area contributed by atoms with E-state index in [2.05, 4.69) is 21.7 Å². The Hall–Kier alpha value is -4.06. The number of anilines is 1. The summed E-state index contributed by atoms with van der Waals surface area (Å²) in [6.45, 7) is 1.85. The summed E-state index contributed by atoms with van der Waals surface area (Å²) < 4.78 is 5.28. The Bertz CT molecular complexity index is 1310. The highest BCUT2D eigenvalue weighted by Gasteiger charge is 2.17. The van der Waals surface area contributed by atoms with E-state index in [1.54, 1.807) is 20.2 Å². The number of methoxy groups -OCH3 is 1. The maximum absolute atomic E-state index is 12.9. The number of hydrogen-bond acceptors (Lipinski definition) is 3. The first-order chi connectivity index (χ1) is 16.0. The van der Waals surface area contributed by atoms with Crippen LogP contribution >= 0.6 is 0 Å². The summed E-state index contributed by atoms with van der Waals surface area (Å²) >= 11 is 0. The van der Waals surface area contributed by atoms with Gasteiger partial charge in [-0.3, -0.25) is 9.59 Å². The highest BCUT2D eigenvalue weighted by atomic mass is 16.5. The van der Waals surface area contributed by atoms with E-state index in [1.165, 1.54) is 0 Å². The van der Waals surface area contributed by atoms with Crippen LogP contribution in [0.3, 0.4) is 0 Å².